The first-order valence-electron chi connectivity index (χ1n) is 5.91. The fourth-order valence-electron chi connectivity index (χ4n) is 1.76. The molecule has 0 aliphatic carbocycles. The minimum Gasteiger partial charge on any atom is -0.399 e. The van der Waals surface area contributed by atoms with Crippen LogP contribution in [0.1, 0.15) is 15.9 Å². The van der Waals surface area contributed by atoms with E-state index in [-0.39, 0.29) is 5.56 Å². The van der Waals surface area contributed by atoms with Crippen molar-refractivity contribution in [1.29, 1.82) is 0 Å². The number of benzene rings is 2. The molecular weight excluding hydrogens is 283 g/mol. The standard InChI is InChI=1S/C14H12F3N3O/c15-14(16,17)11-6-8(4-5-12(11)19)13(21)20-10-3-1-2-9(18)7-10/h1-7H,18-19H2,(H,20,21). The van der Waals surface area contributed by atoms with Crippen LogP contribution in [-0.2, 0) is 6.18 Å². The van der Waals surface area contributed by atoms with E-state index in [9.17, 15) is 18.0 Å². The number of halogens is 3. The summed E-state index contributed by atoms with van der Waals surface area (Å²) >= 11 is 0. The summed E-state index contributed by atoms with van der Waals surface area (Å²) < 4.78 is 38.2. The summed E-state index contributed by atoms with van der Waals surface area (Å²) in [5.41, 5.74) is 10.1. The first-order valence-corrected chi connectivity index (χ1v) is 5.91. The van der Waals surface area contributed by atoms with Crippen molar-refractivity contribution in [2.75, 3.05) is 16.8 Å². The van der Waals surface area contributed by atoms with E-state index in [0.717, 1.165) is 12.1 Å². The molecule has 0 saturated carbocycles. The van der Waals surface area contributed by atoms with Gasteiger partial charge in [0.1, 0.15) is 0 Å². The third kappa shape index (κ3) is 3.44. The smallest absolute Gasteiger partial charge is 0.399 e. The van der Waals surface area contributed by atoms with Crippen molar-refractivity contribution in [3.8, 4) is 0 Å². The number of carbonyl (C=O) groups excluding carboxylic acids is 1. The zero-order chi connectivity index (χ0) is 15.6. The predicted octanol–water partition coefficient (Wildman–Crippen LogP) is 3.12. The molecule has 2 aromatic rings. The minimum absolute atomic E-state index is 0.140. The van der Waals surface area contributed by atoms with Gasteiger partial charge in [-0.25, -0.2) is 0 Å². The molecule has 0 saturated heterocycles. The Balaban J connectivity index is 2.28. The molecule has 0 fully saturated rings. The molecule has 0 spiro atoms. The predicted molar refractivity (Wildman–Crippen MR) is 74.7 cm³/mol. The number of nitrogens with one attached hydrogen (secondary N) is 1. The molecule has 0 heterocycles. The Hall–Kier alpha value is -2.70. The Labute approximate surface area is 118 Å². The maximum atomic E-state index is 12.7. The van der Waals surface area contributed by atoms with Crippen LogP contribution in [0.15, 0.2) is 42.5 Å². The number of hydrogen-bond acceptors (Lipinski definition) is 3. The first-order chi connectivity index (χ1) is 9.77. The summed E-state index contributed by atoms with van der Waals surface area (Å²) in [5, 5.41) is 2.47. The second-order valence-corrected chi connectivity index (χ2v) is 4.38. The molecule has 0 radical (unpaired) electrons. The van der Waals surface area contributed by atoms with Crippen molar-refractivity contribution in [3.05, 3.63) is 53.6 Å². The number of anilines is 3. The van der Waals surface area contributed by atoms with Crippen LogP contribution >= 0.6 is 0 Å². The molecular formula is C14H12F3N3O. The molecule has 0 aliphatic heterocycles. The van der Waals surface area contributed by atoms with E-state index in [1.165, 1.54) is 12.1 Å². The normalized spacial score (nSPS) is 11.2. The van der Waals surface area contributed by atoms with Crippen LogP contribution in [0, 0.1) is 0 Å². The molecule has 1 amide bonds. The lowest BCUT2D eigenvalue weighted by molar-refractivity contribution is -0.136. The van der Waals surface area contributed by atoms with Gasteiger partial charge in [0.15, 0.2) is 0 Å². The molecule has 7 heteroatoms. The summed E-state index contributed by atoms with van der Waals surface area (Å²) in [4.78, 5) is 12.0. The zero-order valence-electron chi connectivity index (χ0n) is 10.7. The highest BCUT2D eigenvalue weighted by molar-refractivity contribution is 6.04. The van der Waals surface area contributed by atoms with Crippen LogP contribution in [0.3, 0.4) is 0 Å². The van der Waals surface area contributed by atoms with Gasteiger partial charge in [0, 0.05) is 22.6 Å². The van der Waals surface area contributed by atoms with E-state index < -0.39 is 23.3 Å². The van der Waals surface area contributed by atoms with Crippen LogP contribution in [-0.4, -0.2) is 5.91 Å². The van der Waals surface area contributed by atoms with Gasteiger partial charge >= 0.3 is 6.18 Å². The summed E-state index contributed by atoms with van der Waals surface area (Å²) in [5.74, 6) is -0.675. The number of nitrogen functional groups attached to an aromatic ring is 2. The van der Waals surface area contributed by atoms with Gasteiger partial charge in [-0.1, -0.05) is 6.07 Å². The van der Waals surface area contributed by atoms with Crippen molar-refractivity contribution < 1.29 is 18.0 Å². The topological polar surface area (TPSA) is 81.1 Å². The van der Waals surface area contributed by atoms with Crippen LogP contribution in [0.5, 0.6) is 0 Å². The fraction of sp³-hybridized carbons (Fsp3) is 0.0714. The molecule has 0 unspecified atom stereocenters. The molecule has 0 aliphatic rings. The Morgan fingerprint density at radius 3 is 2.38 bits per heavy atom. The third-order valence-electron chi connectivity index (χ3n) is 2.77. The quantitative estimate of drug-likeness (QED) is 0.744. The van der Waals surface area contributed by atoms with E-state index >= 15 is 0 Å². The first kappa shape index (κ1) is 14.7. The lowest BCUT2D eigenvalue weighted by Crippen LogP contribution is -2.15. The van der Waals surface area contributed by atoms with Gasteiger partial charge in [0.25, 0.3) is 5.91 Å². The van der Waals surface area contributed by atoms with E-state index in [1.54, 1.807) is 18.2 Å². The number of hydrogen-bond donors (Lipinski definition) is 3. The van der Waals surface area contributed by atoms with Gasteiger partial charge in [-0.15, -0.1) is 0 Å². The molecule has 110 valence electrons. The molecule has 2 aromatic carbocycles. The Kier molecular flexibility index (Phi) is 3.75. The van der Waals surface area contributed by atoms with Gasteiger partial charge in [0.05, 0.1) is 5.56 Å². The summed E-state index contributed by atoms with van der Waals surface area (Å²) in [7, 11) is 0. The van der Waals surface area contributed by atoms with Crippen molar-refractivity contribution in [2.45, 2.75) is 6.18 Å². The van der Waals surface area contributed by atoms with E-state index in [1.807, 2.05) is 0 Å². The molecule has 0 aromatic heterocycles. The molecule has 4 nitrogen and oxygen atoms in total. The van der Waals surface area contributed by atoms with Crippen LogP contribution in [0.4, 0.5) is 30.2 Å². The van der Waals surface area contributed by atoms with Gasteiger partial charge in [0.2, 0.25) is 0 Å². The maximum Gasteiger partial charge on any atom is 0.418 e. The summed E-state index contributed by atoms with van der Waals surface area (Å²) in [6.07, 6.45) is -4.61. The summed E-state index contributed by atoms with van der Waals surface area (Å²) in [6, 6.07) is 9.33. The molecule has 0 bridgehead atoms. The number of nitrogens with two attached hydrogens (primary N) is 2. The van der Waals surface area contributed by atoms with Crippen LogP contribution in [0.25, 0.3) is 0 Å². The Bertz CT molecular complexity index is 683. The van der Waals surface area contributed by atoms with E-state index in [4.69, 9.17) is 11.5 Å². The second kappa shape index (κ2) is 5.35. The van der Waals surface area contributed by atoms with E-state index in [2.05, 4.69) is 5.32 Å². The molecule has 5 N–H and O–H groups in total. The van der Waals surface area contributed by atoms with Crippen LogP contribution < -0.4 is 16.8 Å². The van der Waals surface area contributed by atoms with Gasteiger partial charge in [-0.05, 0) is 36.4 Å². The largest absolute Gasteiger partial charge is 0.418 e. The van der Waals surface area contributed by atoms with Crippen molar-refractivity contribution in [1.82, 2.24) is 0 Å². The molecule has 2 rings (SSSR count). The number of alkyl halides is 3. The highest BCUT2D eigenvalue weighted by atomic mass is 19.4. The van der Waals surface area contributed by atoms with Gasteiger partial charge in [-0.3, -0.25) is 4.79 Å². The highest BCUT2D eigenvalue weighted by Gasteiger charge is 2.33. The van der Waals surface area contributed by atoms with E-state index in [0.29, 0.717) is 11.4 Å². The number of rotatable bonds is 2. The maximum absolute atomic E-state index is 12.7. The monoisotopic (exact) mass is 295 g/mol. The highest BCUT2D eigenvalue weighted by Crippen LogP contribution is 2.34. The second-order valence-electron chi connectivity index (χ2n) is 4.38. The molecule has 0 atom stereocenters. The van der Waals surface area contributed by atoms with Gasteiger partial charge < -0.3 is 16.8 Å². The SMILES string of the molecule is Nc1cccc(NC(=O)c2ccc(N)c(C(F)(F)F)c2)c1. The Morgan fingerprint density at radius 1 is 1.05 bits per heavy atom. The minimum atomic E-state index is -4.61. The van der Waals surface area contributed by atoms with Crippen LogP contribution in [0.2, 0.25) is 0 Å². The van der Waals surface area contributed by atoms with Gasteiger partial charge in [-0.2, -0.15) is 13.2 Å². The van der Waals surface area contributed by atoms with Crippen molar-refractivity contribution in [2.24, 2.45) is 0 Å². The average molecular weight is 295 g/mol. The lowest BCUT2D eigenvalue weighted by atomic mass is 10.1. The van der Waals surface area contributed by atoms with Crippen molar-refractivity contribution >= 4 is 23.0 Å². The Morgan fingerprint density at radius 2 is 1.76 bits per heavy atom. The number of amides is 1. The average Bonchev–Trinajstić information content (AvgIpc) is 2.37. The number of carbonyl (C=O) groups is 1. The lowest BCUT2D eigenvalue weighted by Gasteiger charge is -2.12. The van der Waals surface area contributed by atoms with Crippen molar-refractivity contribution in [3.63, 3.8) is 0 Å². The zero-order valence-corrected chi connectivity index (χ0v) is 10.7. The molecule has 21 heavy (non-hydrogen) atoms. The third-order valence-corrected chi connectivity index (χ3v) is 2.77. The fourth-order valence-corrected chi connectivity index (χ4v) is 1.76. The summed E-state index contributed by atoms with van der Waals surface area (Å²) in [6.45, 7) is 0.